The van der Waals surface area contributed by atoms with Crippen LogP contribution in [0, 0.1) is 11.6 Å². The fourth-order valence-corrected chi connectivity index (χ4v) is 3.59. The van der Waals surface area contributed by atoms with Crippen LogP contribution in [0.15, 0.2) is 18.2 Å². The minimum Gasteiger partial charge on any atom is -0.481 e. The van der Waals surface area contributed by atoms with Crippen LogP contribution in [0.5, 0.6) is 5.75 Å². The van der Waals surface area contributed by atoms with Gasteiger partial charge in [-0.2, -0.15) is 0 Å². The van der Waals surface area contributed by atoms with Gasteiger partial charge in [0.15, 0.2) is 28.0 Å². The summed E-state index contributed by atoms with van der Waals surface area (Å²) < 4.78 is 53.2. The lowest BCUT2D eigenvalue weighted by Gasteiger charge is -2.11. The zero-order valence-electron chi connectivity index (χ0n) is 10.4. The summed E-state index contributed by atoms with van der Waals surface area (Å²) in [5.41, 5.74) is 0. The Morgan fingerprint density at radius 3 is 2.75 bits per heavy atom. The Hall–Kier alpha value is -1.70. The Balaban J connectivity index is 1.84. The van der Waals surface area contributed by atoms with Crippen LogP contribution in [0.3, 0.4) is 0 Å². The average molecular weight is 305 g/mol. The fourth-order valence-electron chi connectivity index (χ4n) is 1.91. The van der Waals surface area contributed by atoms with Gasteiger partial charge in [0.25, 0.3) is 5.91 Å². The lowest BCUT2D eigenvalue weighted by Crippen LogP contribution is -2.38. The summed E-state index contributed by atoms with van der Waals surface area (Å²) in [6.07, 6.45) is 0.360. The third kappa shape index (κ3) is 3.89. The molecule has 1 fully saturated rings. The number of ether oxygens (including phenoxy) is 1. The minimum absolute atomic E-state index is 0.0470. The number of carbonyl (C=O) groups excluding carboxylic acids is 1. The number of hydrogen-bond acceptors (Lipinski definition) is 4. The third-order valence-corrected chi connectivity index (χ3v) is 4.62. The summed E-state index contributed by atoms with van der Waals surface area (Å²) in [7, 11) is -3.08. The van der Waals surface area contributed by atoms with E-state index < -0.39 is 40.0 Å². The second-order valence-corrected chi connectivity index (χ2v) is 6.76. The number of amides is 1. The molecule has 1 aliphatic rings. The largest absolute Gasteiger partial charge is 0.481 e. The highest BCUT2D eigenvalue weighted by Gasteiger charge is 2.28. The van der Waals surface area contributed by atoms with Gasteiger partial charge in [-0.1, -0.05) is 0 Å². The molecule has 110 valence electrons. The first-order valence-corrected chi connectivity index (χ1v) is 7.75. The van der Waals surface area contributed by atoms with E-state index in [4.69, 9.17) is 4.74 Å². The maximum absolute atomic E-state index is 13.2. The van der Waals surface area contributed by atoms with Crippen molar-refractivity contribution in [2.45, 2.75) is 12.5 Å². The molecule has 0 bridgehead atoms. The van der Waals surface area contributed by atoms with E-state index in [1.54, 1.807) is 0 Å². The highest BCUT2D eigenvalue weighted by Crippen LogP contribution is 2.17. The summed E-state index contributed by atoms with van der Waals surface area (Å²) in [4.78, 5) is 11.5. The van der Waals surface area contributed by atoms with E-state index in [0.29, 0.717) is 12.5 Å². The fraction of sp³-hybridized carbons (Fsp3) is 0.417. The Bertz CT molecular complexity index is 618. The van der Waals surface area contributed by atoms with Gasteiger partial charge < -0.3 is 10.1 Å². The van der Waals surface area contributed by atoms with Crippen molar-refractivity contribution in [1.29, 1.82) is 0 Å². The van der Waals surface area contributed by atoms with Gasteiger partial charge in [0.05, 0.1) is 11.5 Å². The molecule has 1 unspecified atom stereocenters. The molecule has 1 atom stereocenters. The molecule has 0 aliphatic carbocycles. The maximum Gasteiger partial charge on any atom is 0.258 e. The second-order valence-electron chi connectivity index (χ2n) is 4.53. The lowest BCUT2D eigenvalue weighted by molar-refractivity contribution is -0.123. The highest BCUT2D eigenvalue weighted by atomic mass is 32.2. The van der Waals surface area contributed by atoms with Crippen molar-refractivity contribution in [3.8, 4) is 5.75 Å². The molecule has 1 amide bonds. The molecule has 1 aromatic rings. The van der Waals surface area contributed by atoms with Gasteiger partial charge in [0.1, 0.15) is 5.82 Å². The van der Waals surface area contributed by atoms with Crippen molar-refractivity contribution in [1.82, 2.24) is 5.32 Å². The van der Waals surface area contributed by atoms with Crippen molar-refractivity contribution < 1.29 is 26.7 Å². The van der Waals surface area contributed by atoms with Crippen molar-refractivity contribution in [2.75, 3.05) is 18.1 Å². The Morgan fingerprint density at radius 2 is 2.15 bits per heavy atom. The molecule has 1 heterocycles. The number of sulfone groups is 1. The predicted octanol–water partition coefficient (Wildman–Crippen LogP) is 0.647. The van der Waals surface area contributed by atoms with E-state index in [1.807, 2.05) is 0 Å². The SMILES string of the molecule is O=C(COc1ccc(F)cc1F)NC1CCS(=O)(=O)C1. The molecular formula is C12H13F2NO4S. The van der Waals surface area contributed by atoms with E-state index in [0.717, 1.165) is 12.1 Å². The number of hydrogen-bond donors (Lipinski definition) is 1. The van der Waals surface area contributed by atoms with E-state index in [-0.39, 0.29) is 17.3 Å². The van der Waals surface area contributed by atoms with E-state index in [2.05, 4.69) is 5.32 Å². The van der Waals surface area contributed by atoms with Crippen LogP contribution in [0.4, 0.5) is 8.78 Å². The Kier molecular flexibility index (Phi) is 4.22. The monoisotopic (exact) mass is 305 g/mol. The summed E-state index contributed by atoms with van der Waals surface area (Å²) in [5.74, 6) is -2.47. The highest BCUT2D eigenvalue weighted by molar-refractivity contribution is 7.91. The molecule has 1 aromatic carbocycles. The molecule has 8 heteroatoms. The van der Waals surface area contributed by atoms with Crippen LogP contribution < -0.4 is 10.1 Å². The summed E-state index contributed by atoms with van der Waals surface area (Å²) in [5, 5.41) is 2.50. The van der Waals surface area contributed by atoms with Crippen LogP contribution in [0.1, 0.15) is 6.42 Å². The van der Waals surface area contributed by atoms with Gasteiger partial charge in [-0.3, -0.25) is 4.79 Å². The van der Waals surface area contributed by atoms with Crippen molar-refractivity contribution >= 4 is 15.7 Å². The zero-order valence-corrected chi connectivity index (χ0v) is 11.3. The number of nitrogens with one attached hydrogen (secondary N) is 1. The van der Waals surface area contributed by atoms with Crippen molar-refractivity contribution in [3.05, 3.63) is 29.8 Å². The number of carbonyl (C=O) groups is 1. The van der Waals surface area contributed by atoms with Crippen LogP contribution in [-0.2, 0) is 14.6 Å². The van der Waals surface area contributed by atoms with Crippen LogP contribution in [0.2, 0.25) is 0 Å². The van der Waals surface area contributed by atoms with E-state index in [1.165, 1.54) is 0 Å². The molecule has 0 radical (unpaired) electrons. The Morgan fingerprint density at radius 1 is 1.40 bits per heavy atom. The molecule has 1 N–H and O–H groups in total. The van der Waals surface area contributed by atoms with Crippen molar-refractivity contribution in [3.63, 3.8) is 0 Å². The smallest absolute Gasteiger partial charge is 0.258 e. The zero-order chi connectivity index (χ0) is 14.8. The second kappa shape index (κ2) is 5.74. The maximum atomic E-state index is 13.2. The van der Waals surface area contributed by atoms with Gasteiger partial charge in [-0.05, 0) is 18.6 Å². The van der Waals surface area contributed by atoms with Gasteiger partial charge in [0.2, 0.25) is 0 Å². The normalized spacial score (nSPS) is 20.6. The van der Waals surface area contributed by atoms with Crippen LogP contribution in [-0.4, -0.2) is 38.5 Å². The molecule has 2 rings (SSSR count). The molecule has 0 spiro atoms. The first-order chi connectivity index (χ1) is 9.35. The summed E-state index contributed by atoms with van der Waals surface area (Å²) in [6.45, 7) is -0.459. The van der Waals surface area contributed by atoms with Crippen LogP contribution >= 0.6 is 0 Å². The predicted molar refractivity (Wildman–Crippen MR) is 67.1 cm³/mol. The molecular weight excluding hydrogens is 292 g/mol. The van der Waals surface area contributed by atoms with Crippen LogP contribution in [0.25, 0.3) is 0 Å². The van der Waals surface area contributed by atoms with E-state index >= 15 is 0 Å². The molecule has 1 aliphatic heterocycles. The molecule has 20 heavy (non-hydrogen) atoms. The molecule has 1 saturated heterocycles. The topological polar surface area (TPSA) is 72.5 Å². The minimum atomic E-state index is -3.08. The standard InChI is InChI=1S/C12H13F2NO4S/c13-8-1-2-11(10(14)5-8)19-6-12(16)15-9-3-4-20(17,18)7-9/h1-2,5,9H,3-4,6-7H2,(H,15,16). The summed E-state index contributed by atoms with van der Waals surface area (Å²) in [6, 6.07) is 2.31. The van der Waals surface area contributed by atoms with Gasteiger partial charge in [-0.15, -0.1) is 0 Å². The number of rotatable bonds is 4. The molecule has 0 aromatic heterocycles. The van der Waals surface area contributed by atoms with E-state index in [9.17, 15) is 22.0 Å². The summed E-state index contributed by atoms with van der Waals surface area (Å²) >= 11 is 0. The molecule has 0 saturated carbocycles. The average Bonchev–Trinajstić information content (AvgIpc) is 2.67. The van der Waals surface area contributed by atoms with Gasteiger partial charge >= 0.3 is 0 Å². The lowest BCUT2D eigenvalue weighted by atomic mass is 10.2. The Labute approximate surface area is 114 Å². The third-order valence-electron chi connectivity index (χ3n) is 2.85. The van der Waals surface area contributed by atoms with Gasteiger partial charge in [0, 0.05) is 12.1 Å². The first kappa shape index (κ1) is 14.7. The quantitative estimate of drug-likeness (QED) is 0.886. The molecule has 5 nitrogen and oxygen atoms in total. The van der Waals surface area contributed by atoms with Crippen molar-refractivity contribution in [2.24, 2.45) is 0 Å². The van der Waals surface area contributed by atoms with Gasteiger partial charge in [-0.25, -0.2) is 17.2 Å². The number of benzene rings is 1. The first-order valence-electron chi connectivity index (χ1n) is 5.93. The number of halogens is 2.